The van der Waals surface area contributed by atoms with Gasteiger partial charge in [0.05, 0.1) is 11.1 Å². The van der Waals surface area contributed by atoms with E-state index in [1.54, 1.807) is 16.8 Å². The fraction of sp³-hybridized carbons (Fsp3) is 0.188. The van der Waals surface area contributed by atoms with Crippen molar-refractivity contribution in [2.45, 2.75) is 20.4 Å². The van der Waals surface area contributed by atoms with Gasteiger partial charge in [0, 0.05) is 12.7 Å². The van der Waals surface area contributed by atoms with Crippen molar-refractivity contribution in [1.82, 2.24) is 9.55 Å². The number of hydrogen-bond acceptors (Lipinski definition) is 4. The maximum absolute atomic E-state index is 12.5. The smallest absolute Gasteiger partial charge is 0.263 e. The summed E-state index contributed by atoms with van der Waals surface area (Å²) in [4.78, 5) is 22.8. The average molecular weight is 297 g/mol. The maximum Gasteiger partial charge on any atom is 0.263 e. The van der Waals surface area contributed by atoms with Crippen LogP contribution in [0.3, 0.4) is 0 Å². The average Bonchev–Trinajstić information content (AvgIpc) is 2.50. The quantitative estimate of drug-likeness (QED) is 0.730. The van der Waals surface area contributed by atoms with Crippen LogP contribution in [-0.4, -0.2) is 9.55 Å². The Balaban J connectivity index is 2.31. The SMILES string of the molecule is CCn1c(=Nc2ccc(C)cc2)sc2ncccc2c1=O. The standard InChI is InChI=1S/C16H15N3OS/c1-3-19-15(20)13-5-4-10-17-14(13)21-16(19)18-12-8-6-11(2)7-9-12/h4-10H,3H2,1-2H3. The lowest BCUT2D eigenvalue weighted by Crippen LogP contribution is -2.31. The minimum absolute atomic E-state index is 0.0368. The summed E-state index contributed by atoms with van der Waals surface area (Å²) in [6.45, 7) is 4.57. The molecule has 0 atom stereocenters. The summed E-state index contributed by atoms with van der Waals surface area (Å²) < 4.78 is 1.69. The molecule has 21 heavy (non-hydrogen) atoms. The van der Waals surface area contributed by atoms with Gasteiger partial charge in [0.1, 0.15) is 4.83 Å². The first-order chi connectivity index (χ1) is 10.2. The molecule has 0 saturated heterocycles. The molecule has 0 fully saturated rings. The zero-order valence-electron chi connectivity index (χ0n) is 11.9. The van der Waals surface area contributed by atoms with Crippen LogP contribution in [0.1, 0.15) is 12.5 Å². The van der Waals surface area contributed by atoms with E-state index in [0.717, 1.165) is 10.5 Å². The number of aromatic nitrogens is 2. The Labute approximate surface area is 126 Å². The van der Waals surface area contributed by atoms with E-state index in [9.17, 15) is 4.79 Å². The third kappa shape index (κ3) is 2.64. The predicted octanol–water partition coefficient (Wildman–Crippen LogP) is 3.02. The molecule has 0 amide bonds. The van der Waals surface area contributed by atoms with E-state index in [1.807, 2.05) is 44.2 Å². The molecule has 3 rings (SSSR count). The minimum Gasteiger partial charge on any atom is -0.284 e. The molecule has 0 bridgehead atoms. The van der Waals surface area contributed by atoms with Crippen molar-refractivity contribution in [2.75, 3.05) is 0 Å². The second kappa shape index (κ2) is 5.61. The lowest BCUT2D eigenvalue weighted by Gasteiger charge is -2.04. The van der Waals surface area contributed by atoms with Gasteiger partial charge in [0.15, 0.2) is 4.80 Å². The molecule has 2 aromatic heterocycles. The Bertz CT molecular complexity index is 907. The Morgan fingerprint density at radius 2 is 2.00 bits per heavy atom. The number of hydrogen-bond donors (Lipinski definition) is 0. The van der Waals surface area contributed by atoms with Crippen LogP contribution in [0.25, 0.3) is 10.2 Å². The number of benzene rings is 1. The van der Waals surface area contributed by atoms with Gasteiger partial charge in [0.25, 0.3) is 5.56 Å². The van der Waals surface area contributed by atoms with Crippen molar-refractivity contribution in [3.63, 3.8) is 0 Å². The van der Waals surface area contributed by atoms with Crippen LogP contribution < -0.4 is 10.4 Å². The van der Waals surface area contributed by atoms with Crippen LogP contribution in [0, 0.1) is 6.92 Å². The topological polar surface area (TPSA) is 47.2 Å². The van der Waals surface area contributed by atoms with Crippen LogP contribution in [0.5, 0.6) is 0 Å². The summed E-state index contributed by atoms with van der Waals surface area (Å²) in [6.07, 6.45) is 1.70. The molecule has 5 heteroatoms. The fourth-order valence-electron chi connectivity index (χ4n) is 2.10. The van der Waals surface area contributed by atoms with E-state index in [-0.39, 0.29) is 5.56 Å². The van der Waals surface area contributed by atoms with Crippen LogP contribution in [-0.2, 0) is 6.54 Å². The molecule has 106 valence electrons. The third-order valence-electron chi connectivity index (χ3n) is 3.24. The third-order valence-corrected chi connectivity index (χ3v) is 4.25. The molecule has 0 unspecified atom stereocenters. The summed E-state index contributed by atoms with van der Waals surface area (Å²) in [5.41, 5.74) is 1.99. The fourth-order valence-corrected chi connectivity index (χ4v) is 3.13. The van der Waals surface area contributed by atoms with E-state index in [0.29, 0.717) is 16.7 Å². The van der Waals surface area contributed by atoms with Gasteiger partial charge in [-0.25, -0.2) is 9.98 Å². The molecular weight excluding hydrogens is 282 g/mol. The molecule has 2 heterocycles. The molecule has 4 nitrogen and oxygen atoms in total. The zero-order chi connectivity index (χ0) is 14.8. The van der Waals surface area contributed by atoms with Crippen molar-refractivity contribution >= 4 is 27.2 Å². The maximum atomic E-state index is 12.5. The van der Waals surface area contributed by atoms with Gasteiger partial charge < -0.3 is 0 Å². The van der Waals surface area contributed by atoms with Gasteiger partial charge in [0.2, 0.25) is 0 Å². The molecule has 0 radical (unpaired) electrons. The molecular formula is C16H15N3OS. The number of aryl methyl sites for hydroxylation is 1. The lowest BCUT2D eigenvalue weighted by molar-refractivity contribution is 0.708. The Morgan fingerprint density at radius 1 is 1.24 bits per heavy atom. The molecule has 0 saturated carbocycles. The van der Waals surface area contributed by atoms with Crippen LogP contribution in [0.15, 0.2) is 52.4 Å². The van der Waals surface area contributed by atoms with Gasteiger partial charge in [-0.05, 0) is 38.1 Å². The Hall–Kier alpha value is -2.27. The first kappa shape index (κ1) is 13.7. The first-order valence-electron chi connectivity index (χ1n) is 6.79. The van der Waals surface area contributed by atoms with E-state index in [4.69, 9.17) is 0 Å². The van der Waals surface area contributed by atoms with E-state index in [1.165, 1.54) is 16.9 Å². The predicted molar refractivity (Wildman–Crippen MR) is 86.0 cm³/mol. The molecule has 3 aromatic rings. The van der Waals surface area contributed by atoms with Gasteiger partial charge in [-0.3, -0.25) is 9.36 Å². The second-order valence-corrected chi connectivity index (χ2v) is 5.69. The molecule has 0 N–H and O–H groups in total. The van der Waals surface area contributed by atoms with Crippen molar-refractivity contribution in [3.05, 3.63) is 63.3 Å². The largest absolute Gasteiger partial charge is 0.284 e. The monoisotopic (exact) mass is 297 g/mol. The van der Waals surface area contributed by atoms with Gasteiger partial charge >= 0.3 is 0 Å². The summed E-state index contributed by atoms with van der Waals surface area (Å²) in [5.74, 6) is 0. The first-order valence-corrected chi connectivity index (χ1v) is 7.61. The van der Waals surface area contributed by atoms with E-state index >= 15 is 0 Å². The zero-order valence-corrected chi connectivity index (χ0v) is 12.7. The van der Waals surface area contributed by atoms with Crippen molar-refractivity contribution in [3.8, 4) is 0 Å². The summed E-state index contributed by atoms with van der Waals surface area (Å²) >= 11 is 1.44. The van der Waals surface area contributed by atoms with E-state index < -0.39 is 0 Å². The number of pyridine rings is 1. The van der Waals surface area contributed by atoms with Gasteiger partial charge in [-0.2, -0.15) is 0 Å². The lowest BCUT2D eigenvalue weighted by atomic mass is 10.2. The summed E-state index contributed by atoms with van der Waals surface area (Å²) in [5, 5.41) is 0.646. The number of fused-ring (bicyclic) bond motifs is 1. The molecule has 0 spiro atoms. The summed E-state index contributed by atoms with van der Waals surface area (Å²) in [6, 6.07) is 11.5. The van der Waals surface area contributed by atoms with Crippen molar-refractivity contribution in [2.24, 2.45) is 4.99 Å². The van der Waals surface area contributed by atoms with Crippen molar-refractivity contribution in [1.29, 1.82) is 0 Å². The highest BCUT2D eigenvalue weighted by Gasteiger charge is 2.06. The Kier molecular flexibility index (Phi) is 3.66. The van der Waals surface area contributed by atoms with Gasteiger partial charge in [-0.15, -0.1) is 0 Å². The highest BCUT2D eigenvalue weighted by atomic mass is 32.1. The van der Waals surface area contributed by atoms with Crippen LogP contribution >= 0.6 is 11.3 Å². The highest BCUT2D eigenvalue weighted by molar-refractivity contribution is 7.15. The highest BCUT2D eigenvalue weighted by Crippen LogP contribution is 2.13. The normalized spacial score (nSPS) is 12.0. The minimum atomic E-state index is -0.0368. The molecule has 1 aromatic carbocycles. The molecule has 0 aliphatic heterocycles. The van der Waals surface area contributed by atoms with E-state index in [2.05, 4.69) is 9.98 Å². The molecule has 0 aliphatic carbocycles. The second-order valence-electron chi connectivity index (χ2n) is 4.74. The number of nitrogens with zero attached hydrogens (tertiary/aromatic N) is 3. The molecule has 0 aliphatic rings. The van der Waals surface area contributed by atoms with Crippen LogP contribution in [0.2, 0.25) is 0 Å². The Morgan fingerprint density at radius 3 is 2.71 bits per heavy atom. The van der Waals surface area contributed by atoms with Gasteiger partial charge in [-0.1, -0.05) is 29.0 Å². The summed E-state index contributed by atoms with van der Waals surface area (Å²) in [7, 11) is 0. The van der Waals surface area contributed by atoms with Crippen LogP contribution in [0.4, 0.5) is 5.69 Å². The van der Waals surface area contributed by atoms with Crippen molar-refractivity contribution < 1.29 is 0 Å². The number of rotatable bonds is 2.